The number of nitrogens with one attached hydrogen (secondary N) is 1. The lowest BCUT2D eigenvalue weighted by atomic mass is 10.0. The summed E-state index contributed by atoms with van der Waals surface area (Å²) < 4.78 is 15.0. The third kappa shape index (κ3) is 4.53. The molecule has 0 aliphatic carbocycles. The largest absolute Gasteiger partial charge is 0.353 e. The molecule has 4 rings (SSSR count). The van der Waals surface area contributed by atoms with E-state index in [1.807, 2.05) is 30.3 Å². The molecule has 0 saturated heterocycles. The molecule has 1 N–H and O–H groups in total. The highest BCUT2D eigenvalue weighted by Crippen LogP contribution is 2.29. The van der Waals surface area contributed by atoms with E-state index in [0.29, 0.717) is 22.8 Å². The second-order valence-electron chi connectivity index (χ2n) is 7.50. The smallest absolute Gasteiger partial charge is 0.263 e. The van der Waals surface area contributed by atoms with Gasteiger partial charge in [-0.2, -0.15) is 0 Å². The molecule has 0 aliphatic rings. The Kier molecular flexibility index (Phi) is 5.89. The fourth-order valence-electron chi connectivity index (χ4n) is 3.57. The number of hydrogen-bond donors (Lipinski definition) is 1. The van der Waals surface area contributed by atoms with Crippen LogP contribution < -0.4 is 10.9 Å². The van der Waals surface area contributed by atoms with Crippen molar-refractivity contribution in [1.82, 2.24) is 14.5 Å². The SMILES string of the molecule is CC(Cc1ccccc1)Nc1nc(-c2ccncc2)c(-c2ccc(F)cc2)c(=O)n1C. The van der Waals surface area contributed by atoms with Gasteiger partial charge >= 0.3 is 0 Å². The molecule has 156 valence electrons. The minimum Gasteiger partial charge on any atom is -0.353 e. The number of aromatic nitrogens is 3. The number of halogens is 1. The molecule has 2 heterocycles. The molecule has 1 atom stereocenters. The lowest BCUT2D eigenvalue weighted by molar-refractivity contribution is 0.628. The van der Waals surface area contributed by atoms with E-state index in [9.17, 15) is 9.18 Å². The summed E-state index contributed by atoms with van der Waals surface area (Å²) in [4.78, 5) is 22.3. The maximum Gasteiger partial charge on any atom is 0.263 e. The minimum absolute atomic E-state index is 0.0578. The van der Waals surface area contributed by atoms with Gasteiger partial charge < -0.3 is 5.32 Å². The van der Waals surface area contributed by atoms with Crippen molar-refractivity contribution < 1.29 is 4.39 Å². The molecular formula is C25H23FN4O. The van der Waals surface area contributed by atoms with Crippen molar-refractivity contribution in [2.24, 2.45) is 7.05 Å². The van der Waals surface area contributed by atoms with Gasteiger partial charge in [0, 0.05) is 31.0 Å². The molecule has 4 aromatic rings. The first-order chi connectivity index (χ1) is 15.0. The van der Waals surface area contributed by atoms with Gasteiger partial charge in [0.1, 0.15) is 5.82 Å². The standard InChI is InChI=1S/C25H23FN4O/c1-17(16-18-6-4-3-5-7-18)28-25-29-23(20-12-14-27-15-13-20)22(24(31)30(25)2)19-8-10-21(26)11-9-19/h3-15,17H,16H2,1-2H3,(H,28,29). The molecule has 2 aromatic carbocycles. The molecule has 31 heavy (non-hydrogen) atoms. The van der Waals surface area contributed by atoms with E-state index in [1.165, 1.54) is 22.3 Å². The molecule has 0 amide bonds. The second kappa shape index (κ2) is 8.92. The molecule has 6 heteroatoms. The highest BCUT2D eigenvalue weighted by atomic mass is 19.1. The summed E-state index contributed by atoms with van der Waals surface area (Å²) in [5.74, 6) is 0.123. The van der Waals surface area contributed by atoms with Gasteiger partial charge in [-0.15, -0.1) is 0 Å². The summed E-state index contributed by atoms with van der Waals surface area (Å²) in [5, 5.41) is 3.37. The number of anilines is 1. The van der Waals surface area contributed by atoms with Crippen molar-refractivity contribution in [3.05, 3.63) is 101 Å². The van der Waals surface area contributed by atoms with Crippen LogP contribution in [0.3, 0.4) is 0 Å². The fourth-order valence-corrected chi connectivity index (χ4v) is 3.57. The minimum atomic E-state index is -0.355. The van der Waals surface area contributed by atoms with Crippen LogP contribution in [0.1, 0.15) is 12.5 Å². The average molecular weight is 414 g/mol. The third-order valence-electron chi connectivity index (χ3n) is 5.14. The number of pyridine rings is 1. The molecular weight excluding hydrogens is 391 g/mol. The van der Waals surface area contributed by atoms with Crippen LogP contribution in [0.25, 0.3) is 22.4 Å². The summed E-state index contributed by atoms with van der Waals surface area (Å²) in [6.07, 6.45) is 4.11. The van der Waals surface area contributed by atoms with Crippen molar-refractivity contribution in [3.63, 3.8) is 0 Å². The van der Waals surface area contributed by atoms with Gasteiger partial charge in [-0.25, -0.2) is 9.37 Å². The Morgan fingerprint density at radius 1 is 0.968 bits per heavy atom. The predicted octanol–water partition coefficient (Wildman–Crippen LogP) is 4.69. The van der Waals surface area contributed by atoms with Crippen LogP contribution >= 0.6 is 0 Å². The van der Waals surface area contributed by atoms with Gasteiger partial charge in [0.15, 0.2) is 0 Å². The summed E-state index contributed by atoms with van der Waals surface area (Å²) in [5.41, 5.74) is 3.34. The predicted molar refractivity (Wildman–Crippen MR) is 121 cm³/mol. The summed E-state index contributed by atoms with van der Waals surface area (Å²) >= 11 is 0. The third-order valence-corrected chi connectivity index (χ3v) is 5.14. The maximum absolute atomic E-state index is 13.5. The molecule has 5 nitrogen and oxygen atoms in total. The topological polar surface area (TPSA) is 59.8 Å². The van der Waals surface area contributed by atoms with Gasteiger partial charge in [-0.3, -0.25) is 14.3 Å². The van der Waals surface area contributed by atoms with Crippen LogP contribution in [-0.4, -0.2) is 20.6 Å². The Morgan fingerprint density at radius 3 is 2.32 bits per heavy atom. The van der Waals surface area contributed by atoms with Crippen LogP contribution in [0.4, 0.5) is 10.3 Å². The highest BCUT2D eigenvalue weighted by Gasteiger charge is 2.19. The summed E-state index contributed by atoms with van der Waals surface area (Å²) in [7, 11) is 1.69. The Bertz CT molecular complexity index is 1220. The normalized spacial score (nSPS) is 11.8. The number of benzene rings is 2. The molecule has 0 spiro atoms. The van der Waals surface area contributed by atoms with Gasteiger partial charge in [-0.05, 0) is 48.7 Å². The quantitative estimate of drug-likeness (QED) is 0.497. The van der Waals surface area contributed by atoms with E-state index in [4.69, 9.17) is 4.98 Å². The highest BCUT2D eigenvalue weighted by molar-refractivity contribution is 5.80. The van der Waals surface area contributed by atoms with Crippen LogP contribution in [0.2, 0.25) is 0 Å². The summed E-state index contributed by atoms with van der Waals surface area (Å²) in [6.45, 7) is 2.05. The molecule has 0 bridgehead atoms. The van der Waals surface area contributed by atoms with Crippen LogP contribution in [-0.2, 0) is 13.5 Å². The van der Waals surface area contributed by atoms with Crippen molar-refractivity contribution in [2.45, 2.75) is 19.4 Å². The van der Waals surface area contributed by atoms with Gasteiger partial charge in [-0.1, -0.05) is 42.5 Å². The first kappa shape index (κ1) is 20.5. The molecule has 0 fully saturated rings. The Labute approximate surface area is 180 Å². The molecule has 0 aliphatic heterocycles. The van der Waals surface area contributed by atoms with Crippen molar-refractivity contribution >= 4 is 5.95 Å². The second-order valence-corrected chi connectivity index (χ2v) is 7.50. The van der Waals surface area contributed by atoms with Gasteiger partial charge in [0.25, 0.3) is 5.56 Å². The monoisotopic (exact) mass is 414 g/mol. The maximum atomic E-state index is 13.5. The van der Waals surface area contributed by atoms with Crippen molar-refractivity contribution in [2.75, 3.05) is 5.32 Å². The Hall–Kier alpha value is -3.80. The lowest BCUT2D eigenvalue weighted by Crippen LogP contribution is -2.28. The Balaban J connectivity index is 1.78. The van der Waals surface area contributed by atoms with Crippen LogP contribution in [0, 0.1) is 5.82 Å². The van der Waals surface area contributed by atoms with Crippen molar-refractivity contribution in [1.29, 1.82) is 0 Å². The van der Waals surface area contributed by atoms with E-state index in [2.05, 4.69) is 29.4 Å². The Morgan fingerprint density at radius 2 is 1.65 bits per heavy atom. The molecule has 1 unspecified atom stereocenters. The van der Waals surface area contributed by atoms with Crippen LogP contribution in [0.5, 0.6) is 0 Å². The zero-order chi connectivity index (χ0) is 21.8. The van der Waals surface area contributed by atoms with E-state index < -0.39 is 0 Å². The molecule has 2 aromatic heterocycles. The number of rotatable bonds is 6. The van der Waals surface area contributed by atoms with E-state index in [-0.39, 0.29) is 17.4 Å². The van der Waals surface area contributed by atoms with Crippen molar-refractivity contribution in [3.8, 4) is 22.4 Å². The lowest BCUT2D eigenvalue weighted by Gasteiger charge is -2.19. The fraction of sp³-hybridized carbons (Fsp3) is 0.160. The molecule has 0 saturated carbocycles. The number of nitrogens with zero attached hydrogens (tertiary/aromatic N) is 3. The number of hydrogen-bond acceptors (Lipinski definition) is 4. The van der Waals surface area contributed by atoms with E-state index >= 15 is 0 Å². The average Bonchev–Trinajstić information content (AvgIpc) is 2.79. The van der Waals surface area contributed by atoms with Gasteiger partial charge in [0.05, 0.1) is 11.3 Å². The zero-order valence-corrected chi connectivity index (χ0v) is 17.4. The first-order valence-corrected chi connectivity index (χ1v) is 10.1. The van der Waals surface area contributed by atoms with Gasteiger partial charge in [0.2, 0.25) is 5.95 Å². The first-order valence-electron chi connectivity index (χ1n) is 10.1. The summed E-state index contributed by atoms with van der Waals surface area (Å²) in [6, 6.07) is 19.7. The van der Waals surface area contributed by atoms with E-state index in [0.717, 1.165) is 12.0 Å². The zero-order valence-electron chi connectivity index (χ0n) is 17.4. The van der Waals surface area contributed by atoms with E-state index in [1.54, 1.807) is 31.6 Å². The molecule has 0 radical (unpaired) electrons. The van der Waals surface area contributed by atoms with Crippen LogP contribution in [0.15, 0.2) is 83.9 Å².